The Balaban J connectivity index is 2.97. The van der Waals surface area contributed by atoms with Crippen molar-refractivity contribution in [2.24, 2.45) is 0 Å². The van der Waals surface area contributed by atoms with Gasteiger partial charge in [0.25, 0.3) is 0 Å². The Kier molecular flexibility index (Phi) is 4.07. The molecule has 16 heavy (non-hydrogen) atoms. The molecule has 0 aliphatic carbocycles. The lowest BCUT2D eigenvalue weighted by atomic mass is 10.1. The molecule has 0 fully saturated rings. The molecule has 0 aliphatic rings. The lowest BCUT2D eigenvalue weighted by Gasteiger charge is -2.10. The Hall–Kier alpha value is -1.82. The van der Waals surface area contributed by atoms with Crippen molar-refractivity contribution in [3.8, 4) is 11.5 Å². The molecular weight excluding hydrogens is 214 g/mol. The monoisotopic (exact) mass is 227 g/mol. The van der Waals surface area contributed by atoms with Gasteiger partial charge in [0.05, 0.1) is 14.2 Å². The topological polar surface area (TPSA) is 81.8 Å². The molecule has 0 radical (unpaired) electrons. The molecule has 0 saturated heterocycles. The van der Waals surface area contributed by atoms with Gasteiger partial charge in [-0.25, -0.2) is 0 Å². The largest absolute Gasteiger partial charge is 0.497 e. The minimum Gasteiger partial charge on any atom is -0.497 e. The van der Waals surface area contributed by atoms with E-state index in [2.05, 4.69) is 0 Å². The summed E-state index contributed by atoms with van der Waals surface area (Å²) in [5.41, 5.74) is 0.396. The van der Waals surface area contributed by atoms with E-state index in [4.69, 9.17) is 9.47 Å². The van der Waals surface area contributed by atoms with E-state index in [1.807, 2.05) is 0 Å². The molecule has 6 heteroatoms. The lowest BCUT2D eigenvalue weighted by Crippen LogP contribution is -2.12. The van der Waals surface area contributed by atoms with Gasteiger partial charge in [0.2, 0.25) is 6.54 Å². The first-order valence-corrected chi connectivity index (χ1v) is 4.59. The molecular formula is C10H13NO5. The highest BCUT2D eigenvalue weighted by atomic mass is 16.6. The maximum atomic E-state index is 10.3. The predicted molar refractivity (Wildman–Crippen MR) is 56.4 cm³/mol. The molecule has 1 aromatic carbocycles. The van der Waals surface area contributed by atoms with Gasteiger partial charge in [-0.2, -0.15) is 0 Å². The molecule has 1 N–H and O–H groups in total. The minimum absolute atomic E-state index is 0.396. The van der Waals surface area contributed by atoms with Crippen LogP contribution in [0.15, 0.2) is 18.2 Å². The van der Waals surface area contributed by atoms with E-state index in [-0.39, 0.29) is 0 Å². The van der Waals surface area contributed by atoms with E-state index in [1.54, 1.807) is 6.07 Å². The van der Waals surface area contributed by atoms with Crippen LogP contribution in [0.5, 0.6) is 11.5 Å². The van der Waals surface area contributed by atoms with Gasteiger partial charge in [-0.05, 0) is 17.7 Å². The first kappa shape index (κ1) is 12.3. The third-order valence-electron chi connectivity index (χ3n) is 2.08. The number of ether oxygens (including phenoxy) is 2. The second-order valence-corrected chi connectivity index (χ2v) is 3.18. The second kappa shape index (κ2) is 5.32. The summed E-state index contributed by atoms with van der Waals surface area (Å²) >= 11 is 0. The molecule has 0 bridgehead atoms. The highest BCUT2D eigenvalue weighted by molar-refractivity contribution is 5.39. The van der Waals surface area contributed by atoms with Crippen molar-refractivity contribution >= 4 is 0 Å². The van der Waals surface area contributed by atoms with Gasteiger partial charge in [-0.15, -0.1) is 0 Å². The Morgan fingerprint density at radius 2 is 1.81 bits per heavy atom. The van der Waals surface area contributed by atoms with Crippen molar-refractivity contribution in [1.29, 1.82) is 0 Å². The molecule has 0 saturated carbocycles. The Bertz CT molecular complexity index is 357. The third kappa shape index (κ3) is 3.09. The Labute approximate surface area is 92.6 Å². The number of aliphatic hydroxyl groups is 1. The van der Waals surface area contributed by atoms with Crippen LogP contribution >= 0.6 is 0 Å². The third-order valence-corrected chi connectivity index (χ3v) is 2.08. The molecule has 1 atom stereocenters. The lowest BCUT2D eigenvalue weighted by molar-refractivity contribution is -0.491. The molecule has 6 nitrogen and oxygen atoms in total. The van der Waals surface area contributed by atoms with Crippen LogP contribution in [0.3, 0.4) is 0 Å². The molecule has 0 spiro atoms. The van der Waals surface area contributed by atoms with Crippen molar-refractivity contribution in [2.45, 2.75) is 6.10 Å². The van der Waals surface area contributed by atoms with Crippen molar-refractivity contribution in [3.63, 3.8) is 0 Å². The first-order valence-electron chi connectivity index (χ1n) is 4.59. The van der Waals surface area contributed by atoms with Gasteiger partial charge in [0.1, 0.15) is 17.6 Å². The summed E-state index contributed by atoms with van der Waals surface area (Å²) in [4.78, 5) is 9.70. The minimum atomic E-state index is -1.17. The zero-order valence-corrected chi connectivity index (χ0v) is 9.04. The number of methoxy groups -OCH3 is 2. The van der Waals surface area contributed by atoms with Crippen molar-refractivity contribution < 1.29 is 19.5 Å². The fourth-order valence-corrected chi connectivity index (χ4v) is 1.27. The van der Waals surface area contributed by atoms with E-state index in [1.165, 1.54) is 26.4 Å². The quantitative estimate of drug-likeness (QED) is 0.599. The molecule has 88 valence electrons. The van der Waals surface area contributed by atoms with Crippen LogP contribution in [-0.2, 0) is 0 Å². The molecule has 0 aliphatic heterocycles. The predicted octanol–water partition coefficient (Wildman–Crippen LogP) is 1.01. The summed E-state index contributed by atoms with van der Waals surface area (Å²) in [5, 5.41) is 19.9. The van der Waals surface area contributed by atoms with Crippen LogP contribution in [0, 0.1) is 10.1 Å². The van der Waals surface area contributed by atoms with Crippen molar-refractivity contribution in [2.75, 3.05) is 20.8 Å². The maximum absolute atomic E-state index is 10.3. The smallest absolute Gasteiger partial charge is 0.233 e. The summed E-state index contributed by atoms with van der Waals surface area (Å²) in [6, 6.07) is 4.70. The Morgan fingerprint density at radius 1 is 1.31 bits per heavy atom. The van der Waals surface area contributed by atoms with E-state index in [9.17, 15) is 15.2 Å². The molecule has 0 aromatic heterocycles. The number of aliphatic hydroxyl groups excluding tert-OH is 1. The average molecular weight is 227 g/mol. The zero-order valence-electron chi connectivity index (χ0n) is 9.04. The highest BCUT2D eigenvalue weighted by Gasteiger charge is 2.16. The van der Waals surface area contributed by atoms with Crippen molar-refractivity contribution in [1.82, 2.24) is 0 Å². The number of hydrogen-bond donors (Lipinski definition) is 1. The van der Waals surface area contributed by atoms with Gasteiger partial charge in [-0.3, -0.25) is 10.1 Å². The first-order chi connectivity index (χ1) is 7.56. The summed E-state index contributed by atoms with van der Waals surface area (Å²) in [6.45, 7) is -0.545. The second-order valence-electron chi connectivity index (χ2n) is 3.18. The Morgan fingerprint density at radius 3 is 2.19 bits per heavy atom. The number of rotatable bonds is 5. The number of benzene rings is 1. The average Bonchev–Trinajstić information content (AvgIpc) is 2.27. The molecule has 0 heterocycles. The van der Waals surface area contributed by atoms with E-state index in [0.29, 0.717) is 17.1 Å². The van der Waals surface area contributed by atoms with Crippen LogP contribution in [0.25, 0.3) is 0 Å². The van der Waals surface area contributed by atoms with E-state index >= 15 is 0 Å². The summed E-state index contributed by atoms with van der Waals surface area (Å²) < 4.78 is 9.98. The van der Waals surface area contributed by atoms with Crippen LogP contribution in [0.4, 0.5) is 0 Å². The van der Waals surface area contributed by atoms with Crippen LogP contribution in [-0.4, -0.2) is 30.8 Å². The van der Waals surface area contributed by atoms with Crippen molar-refractivity contribution in [3.05, 3.63) is 33.9 Å². The normalized spacial score (nSPS) is 11.9. The maximum Gasteiger partial charge on any atom is 0.233 e. The molecule has 1 rings (SSSR count). The van der Waals surface area contributed by atoms with E-state index in [0.717, 1.165) is 0 Å². The molecule has 0 amide bonds. The summed E-state index contributed by atoms with van der Waals surface area (Å²) in [7, 11) is 2.94. The fourth-order valence-electron chi connectivity index (χ4n) is 1.27. The molecule has 1 aromatic rings. The van der Waals surface area contributed by atoms with Crippen LogP contribution in [0.2, 0.25) is 0 Å². The standard InChI is InChI=1S/C10H13NO5/c1-15-8-3-7(4-9(5-8)16-2)10(12)6-11(13)14/h3-5,10,12H,6H2,1-2H3. The van der Waals surface area contributed by atoms with Crippen LogP contribution < -0.4 is 9.47 Å². The number of nitro groups is 1. The van der Waals surface area contributed by atoms with Gasteiger partial charge in [-0.1, -0.05) is 0 Å². The summed E-state index contributed by atoms with van der Waals surface area (Å²) in [5.74, 6) is 0.966. The fraction of sp³-hybridized carbons (Fsp3) is 0.400. The van der Waals surface area contributed by atoms with E-state index < -0.39 is 17.6 Å². The van der Waals surface area contributed by atoms with Gasteiger partial charge >= 0.3 is 0 Å². The number of nitrogens with zero attached hydrogens (tertiary/aromatic N) is 1. The van der Waals surface area contributed by atoms with Gasteiger partial charge in [0, 0.05) is 11.0 Å². The zero-order chi connectivity index (χ0) is 12.1. The highest BCUT2D eigenvalue weighted by Crippen LogP contribution is 2.26. The van der Waals surface area contributed by atoms with Crippen LogP contribution in [0.1, 0.15) is 11.7 Å². The van der Waals surface area contributed by atoms with Gasteiger partial charge < -0.3 is 14.6 Å². The summed E-state index contributed by atoms with van der Waals surface area (Å²) in [6.07, 6.45) is -1.17. The molecule has 1 unspecified atom stereocenters. The van der Waals surface area contributed by atoms with Gasteiger partial charge in [0.15, 0.2) is 0 Å². The number of hydrogen-bond acceptors (Lipinski definition) is 5. The SMILES string of the molecule is COc1cc(OC)cc(C(O)C[N+](=O)[O-])c1.